The first-order chi connectivity index (χ1) is 38.6. The zero-order valence-corrected chi connectivity index (χ0v) is 54.2. The summed E-state index contributed by atoms with van der Waals surface area (Å²) in [6.07, 6.45) is 31.2. The second kappa shape index (κ2) is 52.4. The number of unbranched alkanes of at least 4 members (excludes halogenated alkanes) is 25. The summed E-state index contributed by atoms with van der Waals surface area (Å²) in [5.74, 6) is 0.653. The number of carbonyl (C=O) groups excluding carboxylic acids is 4. The molecular weight excluding hydrogens is 1080 g/mol. The molecule has 19 heteroatoms. The van der Waals surface area contributed by atoms with Crippen LogP contribution in [0.2, 0.25) is 0 Å². The highest BCUT2D eigenvalue weighted by atomic mass is 31.2. The Morgan fingerprint density at radius 2 is 0.519 bits per heavy atom. The molecule has 0 radical (unpaired) electrons. The van der Waals surface area contributed by atoms with Crippen LogP contribution in [0.25, 0.3) is 0 Å². The minimum atomic E-state index is -4.94. The summed E-state index contributed by atoms with van der Waals surface area (Å²) in [5.41, 5.74) is 0. The number of hydrogen-bond acceptors (Lipinski definition) is 15. The van der Waals surface area contributed by atoms with Gasteiger partial charge >= 0.3 is 39.5 Å². The van der Waals surface area contributed by atoms with E-state index in [1.54, 1.807) is 0 Å². The van der Waals surface area contributed by atoms with Crippen LogP contribution in [-0.4, -0.2) is 96.7 Å². The molecule has 0 bridgehead atoms. The molecule has 0 spiro atoms. The molecule has 0 saturated heterocycles. The van der Waals surface area contributed by atoms with Crippen molar-refractivity contribution in [2.75, 3.05) is 39.6 Å². The maximum absolute atomic E-state index is 12.9. The third-order valence-corrected chi connectivity index (χ3v) is 16.0. The molecule has 480 valence electrons. The van der Waals surface area contributed by atoms with Gasteiger partial charge < -0.3 is 33.8 Å². The Kier molecular flexibility index (Phi) is 51.1. The van der Waals surface area contributed by atoms with E-state index in [1.807, 2.05) is 0 Å². The molecule has 81 heavy (non-hydrogen) atoms. The van der Waals surface area contributed by atoms with Gasteiger partial charge in [0, 0.05) is 25.7 Å². The van der Waals surface area contributed by atoms with Crippen molar-refractivity contribution in [3.05, 3.63) is 0 Å². The molecule has 17 nitrogen and oxygen atoms in total. The van der Waals surface area contributed by atoms with E-state index < -0.39 is 97.5 Å². The Morgan fingerprint density at radius 1 is 0.309 bits per heavy atom. The zero-order chi connectivity index (χ0) is 60.4. The second-order valence-corrected chi connectivity index (χ2v) is 27.3. The van der Waals surface area contributed by atoms with Gasteiger partial charge in [0.25, 0.3) is 0 Å². The van der Waals surface area contributed by atoms with Gasteiger partial charge in [0.1, 0.15) is 19.3 Å². The van der Waals surface area contributed by atoms with Gasteiger partial charge in [-0.1, -0.05) is 242 Å². The lowest BCUT2D eigenvalue weighted by Crippen LogP contribution is -2.30. The molecule has 0 aromatic heterocycles. The quantitative estimate of drug-likeness (QED) is 0.0222. The molecule has 3 N–H and O–H groups in total. The lowest BCUT2D eigenvalue weighted by Gasteiger charge is -2.21. The van der Waals surface area contributed by atoms with Crippen molar-refractivity contribution >= 4 is 39.5 Å². The Labute approximate surface area is 492 Å². The summed E-state index contributed by atoms with van der Waals surface area (Å²) in [4.78, 5) is 72.0. The van der Waals surface area contributed by atoms with Crippen LogP contribution in [0.3, 0.4) is 0 Å². The number of aliphatic hydroxyl groups excluding tert-OH is 1. The summed E-state index contributed by atoms with van der Waals surface area (Å²) in [6, 6.07) is 0. The van der Waals surface area contributed by atoms with Gasteiger partial charge in [-0.25, -0.2) is 9.13 Å². The van der Waals surface area contributed by atoms with E-state index in [2.05, 4.69) is 55.4 Å². The van der Waals surface area contributed by atoms with Gasteiger partial charge in [-0.15, -0.1) is 0 Å². The van der Waals surface area contributed by atoms with E-state index in [4.69, 9.17) is 37.0 Å². The largest absolute Gasteiger partial charge is 0.472 e. The standard InChI is InChI=1S/C62H120O17P2/c1-52(2)38-30-22-14-11-9-10-12-16-26-34-42-59(64)72-48-57(78-61(66)44-36-28-20-18-24-32-40-54(5)6)50-76-80(68,69)74-46-56(63)47-75-81(70,71)77-51-58(79-62(67)45-37-29-21-19-25-33-41-55(7)8)49-73-60(65)43-35-27-17-13-15-23-31-39-53(3)4/h52-58,63H,9-51H2,1-8H3,(H,68,69)(H,70,71)/t56?,57-,58-/m1/s1. The molecule has 0 aliphatic rings. The van der Waals surface area contributed by atoms with E-state index >= 15 is 0 Å². The number of rotatable bonds is 59. The molecule has 0 aromatic carbocycles. The Morgan fingerprint density at radius 3 is 0.765 bits per heavy atom. The Hall–Kier alpha value is -1.94. The van der Waals surface area contributed by atoms with Gasteiger partial charge in [0.05, 0.1) is 26.4 Å². The van der Waals surface area contributed by atoms with Gasteiger partial charge in [-0.3, -0.25) is 37.3 Å². The number of esters is 4. The molecule has 0 heterocycles. The number of phosphoric ester groups is 2. The minimum Gasteiger partial charge on any atom is -0.462 e. The van der Waals surface area contributed by atoms with Crippen LogP contribution >= 0.6 is 15.6 Å². The summed E-state index contributed by atoms with van der Waals surface area (Å²) in [7, 11) is -9.88. The maximum Gasteiger partial charge on any atom is 0.472 e. The lowest BCUT2D eigenvalue weighted by atomic mass is 10.0. The predicted molar refractivity (Wildman–Crippen MR) is 321 cm³/mol. The second-order valence-electron chi connectivity index (χ2n) is 24.3. The van der Waals surface area contributed by atoms with Crippen molar-refractivity contribution in [2.24, 2.45) is 23.7 Å². The van der Waals surface area contributed by atoms with Crippen molar-refractivity contribution in [1.29, 1.82) is 0 Å². The van der Waals surface area contributed by atoms with Crippen LogP contribution < -0.4 is 0 Å². The van der Waals surface area contributed by atoms with E-state index in [9.17, 15) is 43.2 Å². The van der Waals surface area contributed by atoms with Crippen molar-refractivity contribution in [1.82, 2.24) is 0 Å². The smallest absolute Gasteiger partial charge is 0.462 e. The van der Waals surface area contributed by atoms with E-state index in [1.165, 1.54) is 89.9 Å². The first-order valence-corrected chi connectivity index (χ1v) is 35.2. The summed E-state index contributed by atoms with van der Waals surface area (Å²) in [6.45, 7) is 13.8. The van der Waals surface area contributed by atoms with E-state index in [0.29, 0.717) is 43.4 Å². The fourth-order valence-corrected chi connectivity index (χ4v) is 10.7. The average Bonchev–Trinajstić information content (AvgIpc) is 3.40. The van der Waals surface area contributed by atoms with Crippen LogP contribution in [0.4, 0.5) is 0 Å². The number of ether oxygens (including phenoxy) is 4. The molecule has 0 fully saturated rings. The molecule has 0 saturated carbocycles. The summed E-state index contributed by atoms with van der Waals surface area (Å²) in [5, 5.41) is 10.5. The van der Waals surface area contributed by atoms with Crippen LogP contribution in [0.5, 0.6) is 0 Å². The maximum atomic E-state index is 12.9. The number of hydrogen-bond donors (Lipinski definition) is 3. The van der Waals surface area contributed by atoms with Crippen LogP contribution in [0.15, 0.2) is 0 Å². The monoisotopic (exact) mass is 1200 g/mol. The molecule has 0 amide bonds. The van der Waals surface area contributed by atoms with Gasteiger partial charge in [-0.2, -0.15) is 0 Å². The summed E-state index contributed by atoms with van der Waals surface area (Å²) >= 11 is 0. The van der Waals surface area contributed by atoms with Crippen LogP contribution in [-0.2, 0) is 65.4 Å². The van der Waals surface area contributed by atoms with Gasteiger partial charge in [0.15, 0.2) is 12.2 Å². The third-order valence-electron chi connectivity index (χ3n) is 14.1. The average molecular weight is 1200 g/mol. The molecule has 0 aromatic rings. The first kappa shape index (κ1) is 79.1. The molecular formula is C62H120O17P2. The number of aliphatic hydroxyl groups is 1. The third kappa shape index (κ3) is 56.9. The first-order valence-electron chi connectivity index (χ1n) is 32.2. The van der Waals surface area contributed by atoms with Crippen LogP contribution in [0.1, 0.15) is 293 Å². The number of carbonyl (C=O) groups is 4. The van der Waals surface area contributed by atoms with Crippen LogP contribution in [0, 0.1) is 23.7 Å². The molecule has 0 aliphatic heterocycles. The normalized spacial score (nSPS) is 14.5. The SMILES string of the molecule is CC(C)CCCCCCCCCCCCC(=O)OC[C@H](COP(=O)(O)OCC(O)COP(=O)(O)OC[C@@H](COC(=O)CCCCCCCCCC(C)C)OC(=O)CCCCCCCCC(C)C)OC(=O)CCCCCCCCC(C)C. The van der Waals surface area contributed by atoms with Crippen molar-refractivity contribution in [3.63, 3.8) is 0 Å². The van der Waals surface area contributed by atoms with E-state index in [-0.39, 0.29) is 25.7 Å². The predicted octanol–water partition coefficient (Wildman–Crippen LogP) is 16.6. The fourth-order valence-electron chi connectivity index (χ4n) is 9.08. The number of phosphoric acid groups is 2. The zero-order valence-electron chi connectivity index (χ0n) is 52.4. The van der Waals surface area contributed by atoms with Crippen molar-refractivity contribution in [3.8, 4) is 0 Å². The van der Waals surface area contributed by atoms with Gasteiger partial charge in [-0.05, 0) is 49.4 Å². The molecule has 0 rings (SSSR count). The highest BCUT2D eigenvalue weighted by molar-refractivity contribution is 7.47. The minimum absolute atomic E-state index is 0.100. The van der Waals surface area contributed by atoms with Gasteiger partial charge in [0.2, 0.25) is 0 Å². The molecule has 5 atom stereocenters. The highest BCUT2D eigenvalue weighted by Gasteiger charge is 2.30. The van der Waals surface area contributed by atoms with Crippen molar-refractivity contribution in [2.45, 2.75) is 311 Å². The van der Waals surface area contributed by atoms with Crippen molar-refractivity contribution < 1.29 is 80.2 Å². The Bertz CT molecular complexity index is 1630. The molecule has 3 unspecified atom stereocenters. The summed E-state index contributed by atoms with van der Waals surface area (Å²) < 4.78 is 67.8. The highest BCUT2D eigenvalue weighted by Crippen LogP contribution is 2.45. The molecule has 0 aliphatic carbocycles. The topological polar surface area (TPSA) is 237 Å². The Balaban J connectivity index is 5.22. The lowest BCUT2D eigenvalue weighted by molar-refractivity contribution is -0.161. The fraction of sp³-hybridized carbons (Fsp3) is 0.935. The van der Waals surface area contributed by atoms with E-state index in [0.717, 1.165) is 102 Å².